The molecule has 2 nitrogen and oxygen atoms in total. The van der Waals surface area contributed by atoms with Crippen molar-refractivity contribution in [2.24, 2.45) is 0 Å². The van der Waals surface area contributed by atoms with E-state index in [0.29, 0.717) is 5.92 Å². The van der Waals surface area contributed by atoms with Gasteiger partial charge in [0.25, 0.3) is 0 Å². The minimum Gasteiger partial charge on any atom is -0.294 e. The van der Waals surface area contributed by atoms with Crippen LogP contribution in [0.15, 0.2) is 171 Å². The van der Waals surface area contributed by atoms with Gasteiger partial charge in [-0.2, -0.15) is 0 Å². The number of hydrogen-bond acceptors (Lipinski definition) is 3. The Labute approximate surface area is 271 Å². The third kappa shape index (κ3) is 4.64. The lowest BCUT2D eigenvalue weighted by molar-refractivity contribution is 0.855. The molecule has 1 unspecified atom stereocenters. The number of rotatable bonds is 4. The molecule has 0 N–H and O–H groups in total. The standard InChI is InChI=1S/C41H28N2S2/c1-4-12-27(13-5-1)30-20-21-34-32(24-30)40-35(22-23-38-41(40)45-37-19-11-10-18-36(37)44-38)43(34)39-26-31(28-14-6-2-7-15-28)25-33(42-39)29-16-8-3-9-17-29/h1-12,14-27H,13H2. The average molecular weight is 613 g/mol. The molecule has 0 saturated heterocycles. The number of aromatic nitrogens is 2. The van der Waals surface area contributed by atoms with Crippen LogP contribution >= 0.6 is 23.5 Å². The fourth-order valence-corrected chi connectivity index (χ4v) is 9.00. The van der Waals surface area contributed by atoms with Gasteiger partial charge in [0.05, 0.1) is 16.7 Å². The van der Waals surface area contributed by atoms with Crippen LogP contribution in [0.5, 0.6) is 0 Å². The summed E-state index contributed by atoms with van der Waals surface area (Å²) < 4.78 is 2.38. The molecule has 214 valence electrons. The molecule has 0 amide bonds. The van der Waals surface area contributed by atoms with E-state index in [9.17, 15) is 0 Å². The third-order valence-electron chi connectivity index (χ3n) is 8.78. The first-order chi connectivity index (χ1) is 22.3. The summed E-state index contributed by atoms with van der Waals surface area (Å²) in [6, 6.07) is 46.1. The summed E-state index contributed by atoms with van der Waals surface area (Å²) in [7, 11) is 0. The van der Waals surface area contributed by atoms with E-state index in [-0.39, 0.29) is 0 Å². The van der Waals surface area contributed by atoms with E-state index in [1.165, 1.54) is 52.5 Å². The van der Waals surface area contributed by atoms with Crippen molar-refractivity contribution in [2.75, 3.05) is 0 Å². The van der Waals surface area contributed by atoms with Crippen LogP contribution in [0.3, 0.4) is 0 Å². The quantitative estimate of drug-likeness (QED) is 0.197. The zero-order valence-corrected chi connectivity index (χ0v) is 26.1. The molecule has 2 aromatic heterocycles. The summed E-state index contributed by atoms with van der Waals surface area (Å²) in [4.78, 5) is 10.6. The molecule has 0 radical (unpaired) electrons. The normalized spacial score (nSPS) is 15.3. The van der Waals surface area contributed by atoms with Gasteiger partial charge in [0.2, 0.25) is 0 Å². The lowest BCUT2D eigenvalue weighted by atomic mass is 9.91. The Kier molecular flexibility index (Phi) is 6.50. The predicted octanol–water partition coefficient (Wildman–Crippen LogP) is 11.7. The molecule has 45 heavy (non-hydrogen) atoms. The monoisotopic (exact) mass is 612 g/mol. The van der Waals surface area contributed by atoms with Crippen LogP contribution in [0.1, 0.15) is 17.9 Å². The predicted molar refractivity (Wildman–Crippen MR) is 190 cm³/mol. The number of fused-ring (bicyclic) bond motifs is 6. The molecule has 3 heterocycles. The molecule has 0 saturated carbocycles. The van der Waals surface area contributed by atoms with E-state index < -0.39 is 0 Å². The maximum absolute atomic E-state index is 5.36. The van der Waals surface area contributed by atoms with Gasteiger partial charge in [-0.15, -0.1) is 0 Å². The van der Waals surface area contributed by atoms with Crippen LogP contribution in [0.4, 0.5) is 0 Å². The van der Waals surface area contributed by atoms with Crippen molar-refractivity contribution in [1.29, 1.82) is 0 Å². The first-order valence-electron chi connectivity index (χ1n) is 15.3. The number of nitrogens with zero attached hydrogens (tertiary/aromatic N) is 2. The van der Waals surface area contributed by atoms with E-state index in [1.807, 2.05) is 23.5 Å². The fraction of sp³-hybridized carbons (Fsp3) is 0.0488. The molecular weight excluding hydrogens is 585 g/mol. The van der Waals surface area contributed by atoms with Gasteiger partial charge in [-0.1, -0.05) is 127 Å². The molecule has 7 aromatic rings. The highest BCUT2D eigenvalue weighted by molar-refractivity contribution is 8.05. The van der Waals surface area contributed by atoms with E-state index in [4.69, 9.17) is 4.98 Å². The molecule has 0 spiro atoms. The summed E-state index contributed by atoms with van der Waals surface area (Å²) in [5.74, 6) is 1.31. The van der Waals surface area contributed by atoms with Gasteiger partial charge in [-0.05, 0) is 71.6 Å². The highest BCUT2D eigenvalue weighted by Crippen LogP contribution is 2.53. The SMILES string of the molecule is C1=CCC(c2ccc3c(c2)c2c4c(ccc2n3-c2cc(-c3ccccc3)cc(-c3ccccc3)n2)Sc2ccccc2S4)C=C1. The molecule has 2 aliphatic rings. The van der Waals surface area contributed by atoms with Crippen LogP contribution < -0.4 is 0 Å². The Morgan fingerprint density at radius 1 is 0.600 bits per heavy atom. The van der Waals surface area contributed by atoms with Gasteiger partial charge in [0, 0.05) is 41.8 Å². The van der Waals surface area contributed by atoms with Crippen LogP contribution in [-0.2, 0) is 0 Å². The van der Waals surface area contributed by atoms with Crippen molar-refractivity contribution >= 4 is 45.3 Å². The molecular formula is C41H28N2S2. The van der Waals surface area contributed by atoms with Crippen LogP contribution in [0.2, 0.25) is 0 Å². The number of pyridine rings is 1. The topological polar surface area (TPSA) is 17.8 Å². The molecule has 0 fully saturated rings. The second kappa shape index (κ2) is 11.0. The van der Waals surface area contributed by atoms with Crippen molar-refractivity contribution in [3.8, 4) is 28.2 Å². The first kappa shape index (κ1) is 26.6. The van der Waals surface area contributed by atoms with Crippen LogP contribution in [0.25, 0.3) is 50.0 Å². The zero-order chi connectivity index (χ0) is 29.7. The Bertz CT molecular complexity index is 2240. The number of hydrogen-bond donors (Lipinski definition) is 0. The molecule has 0 bridgehead atoms. The molecule has 9 rings (SSSR count). The summed E-state index contributed by atoms with van der Waals surface area (Å²) in [6.45, 7) is 0. The maximum atomic E-state index is 5.36. The van der Waals surface area contributed by atoms with Crippen molar-refractivity contribution in [2.45, 2.75) is 31.9 Å². The van der Waals surface area contributed by atoms with Gasteiger partial charge in [-0.25, -0.2) is 4.98 Å². The van der Waals surface area contributed by atoms with E-state index >= 15 is 0 Å². The molecule has 1 atom stereocenters. The van der Waals surface area contributed by atoms with Gasteiger partial charge in [0.1, 0.15) is 5.82 Å². The molecule has 1 aliphatic carbocycles. The first-order valence-corrected chi connectivity index (χ1v) is 17.0. The molecule has 5 aromatic carbocycles. The van der Waals surface area contributed by atoms with Crippen molar-refractivity contribution in [1.82, 2.24) is 9.55 Å². The fourth-order valence-electron chi connectivity index (χ4n) is 6.60. The second-order valence-corrected chi connectivity index (χ2v) is 13.7. The average Bonchev–Trinajstić information content (AvgIpc) is 3.46. The van der Waals surface area contributed by atoms with Crippen molar-refractivity contribution < 1.29 is 0 Å². The summed E-state index contributed by atoms with van der Waals surface area (Å²) >= 11 is 3.77. The van der Waals surface area contributed by atoms with Crippen molar-refractivity contribution in [3.05, 3.63) is 157 Å². The van der Waals surface area contributed by atoms with Gasteiger partial charge in [-0.3, -0.25) is 4.57 Å². The summed E-state index contributed by atoms with van der Waals surface area (Å²) in [5, 5.41) is 2.59. The van der Waals surface area contributed by atoms with Crippen LogP contribution in [0, 0.1) is 0 Å². The highest BCUT2D eigenvalue weighted by atomic mass is 32.2. The number of allylic oxidation sites excluding steroid dienone is 4. The highest BCUT2D eigenvalue weighted by Gasteiger charge is 2.25. The third-order valence-corrected chi connectivity index (χ3v) is 11.4. The Balaban J connectivity index is 1.33. The van der Waals surface area contributed by atoms with Gasteiger partial charge >= 0.3 is 0 Å². The summed E-state index contributed by atoms with van der Waals surface area (Å²) in [5.41, 5.74) is 8.13. The summed E-state index contributed by atoms with van der Waals surface area (Å²) in [6.07, 6.45) is 9.95. The van der Waals surface area contributed by atoms with Crippen LogP contribution in [-0.4, -0.2) is 9.55 Å². The van der Waals surface area contributed by atoms with E-state index in [0.717, 1.165) is 29.1 Å². The zero-order valence-electron chi connectivity index (χ0n) is 24.4. The number of benzene rings is 5. The van der Waals surface area contributed by atoms with Gasteiger partial charge < -0.3 is 0 Å². The minimum absolute atomic E-state index is 0.379. The smallest absolute Gasteiger partial charge is 0.138 e. The Morgan fingerprint density at radius 2 is 1.33 bits per heavy atom. The largest absolute Gasteiger partial charge is 0.294 e. The maximum Gasteiger partial charge on any atom is 0.138 e. The van der Waals surface area contributed by atoms with E-state index in [2.05, 4.69) is 156 Å². The lowest BCUT2D eigenvalue weighted by Gasteiger charge is -2.19. The minimum atomic E-state index is 0.379. The lowest BCUT2D eigenvalue weighted by Crippen LogP contribution is -2.01. The van der Waals surface area contributed by atoms with Crippen molar-refractivity contribution in [3.63, 3.8) is 0 Å². The van der Waals surface area contributed by atoms with E-state index in [1.54, 1.807) is 0 Å². The van der Waals surface area contributed by atoms with Gasteiger partial charge in [0.15, 0.2) is 0 Å². The molecule has 4 heteroatoms. The Morgan fingerprint density at radius 3 is 2.11 bits per heavy atom. The Hall–Kier alpha value is -4.77. The second-order valence-electron chi connectivity index (χ2n) is 11.5. The molecule has 1 aliphatic heterocycles.